The SMILES string of the molecule is CC(C)C1CN(c2ccc(C(=O)N(C)C)nn2)CCN1C(N)=Nc1cccc2c1C=CCN2C#N. The summed E-state index contributed by atoms with van der Waals surface area (Å²) in [6.45, 7) is 6.96. The summed E-state index contributed by atoms with van der Waals surface area (Å²) in [4.78, 5) is 24.3. The number of anilines is 2. The summed E-state index contributed by atoms with van der Waals surface area (Å²) in [5.74, 6) is 1.33. The lowest BCUT2D eigenvalue weighted by Crippen LogP contribution is -2.59. The van der Waals surface area contributed by atoms with Gasteiger partial charge in [0.1, 0.15) is 0 Å². The molecule has 1 fully saturated rings. The first-order valence-corrected chi connectivity index (χ1v) is 11.7. The van der Waals surface area contributed by atoms with Crippen LogP contribution in [0.4, 0.5) is 17.2 Å². The first-order chi connectivity index (χ1) is 16.8. The van der Waals surface area contributed by atoms with Crippen LogP contribution >= 0.6 is 0 Å². The Hall–Kier alpha value is -4.13. The van der Waals surface area contributed by atoms with Crippen LogP contribution in [0.5, 0.6) is 0 Å². The van der Waals surface area contributed by atoms with Gasteiger partial charge in [-0.15, -0.1) is 10.2 Å². The maximum Gasteiger partial charge on any atom is 0.273 e. The minimum absolute atomic E-state index is 0.114. The lowest BCUT2D eigenvalue weighted by molar-refractivity contribution is 0.0821. The number of carbonyl (C=O) groups is 1. The molecule has 1 amide bonds. The van der Waals surface area contributed by atoms with E-state index in [2.05, 4.69) is 40.0 Å². The number of guanidine groups is 1. The molecule has 35 heavy (non-hydrogen) atoms. The molecule has 0 saturated carbocycles. The van der Waals surface area contributed by atoms with E-state index in [4.69, 9.17) is 10.7 Å². The molecule has 182 valence electrons. The summed E-state index contributed by atoms with van der Waals surface area (Å²) < 4.78 is 0. The van der Waals surface area contributed by atoms with Crippen molar-refractivity contribution in [3.63, 3.8) is 0 Å². The predicted molar refractivity (Wildman–Crippen MR) is 137 cm³/mol. The molecule has 2 aliphatic heterocycles. The van der Waals surface area contributed by atoms with Gasteiger partial charge in [-0.3, -0.25) is 9.69 Å². The lowest BCUT2D eigenvalue weighted by Gasteiger charge is -2.44. The van der Waals surface area contributed by atoms with Crippen molar-refractivity contribution < 1.29 is 4.79 Å². The topological polar surface area (TPSA) is 118 Å². The number of nitrogens with two attached hydrogens (primary N) is 1. The Bertz CT molecular complexity index is 1180. The van der Waals surface area contributed by atoms with Crippen molar-refractivity contribution in [3.8, 4) is 6.19 Å². The molecule has 1 aromatic heterocycles. The van der Waals surface area contributed by atoms with Crippen molar-refractivity contribution in [2.24, 2.45) is 16.6 Å². The normalized spacial score (nSPS) is 17.9. The molecule has 2 aromatic rings. The van der Waals surface area contributed by atoms with Gasteiger partial charge in [-0.2, -0.15) is 5.26 Å². The molecule has 4 rings (SSSR count). The Morgan fingerprint density at radius 1 is 1.23 bits per heavy atom. The third-order valence-electron chi connectivity index (χ3n) is 6.36. The maximum atomic E-state index is 12.1. The first kappa shape index (κ1) is 24.0. The van der Waals surface area contributed by atoms with Crippen molar-refractivity contribution in [1.29, 1.82) is 5.26 Å². The van der Waals surface area contributed by atoms with E-state index in [0.29, 0.717) is 43.8 Å². The number of rotatable bonds is 4. The molecule has 1 unspecified atom stereocenters. The molecule has 0 radical (unpaired) electrons. The average Bonchev–Trinajstić information content (AvgIpc) is 2.87. The molecule has 0 bridgehead atoms. The Kier molecular flexibility index (Phi) is 6.87. The highest BCUT2D eigenvalue weighted by Crippen LogP contribution is 2.33. The molecule has 1 aromatic carbocycles. The van der Waals surface area contributed by atoms with Gasteiger partial charge in [0.2, 0.25) is 0 Å². The van der Waals surface area contributed by atoms with Gasteiger partial charge in [0.05, 0.1) is 24.0 Å². The molecule has 2 aliphatic rings. The minimum Gasteiger partial charge on any atom is -0.369 e. The quantitative estimate of drug-likeness (QED) is 0.408. The number of aromatic nitrogens is 2. The Labute approximate surface area is 205 Å². The monoisotopic (exact) mass is 473 g/mol. The highest BCUT2D eigenvalue weighted by atomic mass is 16.2. The second-order valence-electron chi connectivity index (χ2n) is 9.22. The summed E-state index contributed by atoms with van der Waals surface area (Å²) in [7, 11) is 3.38. The smallest absolute Gasteiger partial charge is 0.273 e. The third kappa shape index (κ3) is 4.89. The van der Waals surface area contributed by atoms with Crippen LogP contribution in [-0.4, -0.2) is 78.2 Å². The van der Waals surface area contributed by atoms with Crippen molar-refractivity contribution in [1.82, 2.24) is 20.0 Å². The van der Waals surface area contributed by atoms with Crippen LogP contribution in [0.1, 0.15) is 29.9 Å². The third-order valence-corrected chi connectivity index (χ3v) is 6.36. The van der Waals surface area contributed by atoms with E-state index >= 15 is 0 Å². The minimum atomic E-state index is -0.172. The first-order valence-electron chi connectivity index (χ1n) is 11.7. The number of aliphatic imine (C=N–C) groups is 1. The van der Waals surface area contributed by atoms with E-state index < -0.39 is 0 Å². The Morgan fingerprint density at radius 2 is 2.03 bits per heavy atom. The van der Waals surface area contributed by atoms with Crippen molar-refractivity contribution in [2.45, 2.75) is 19.9 Å². The highest BCUT2D eigenvalue weighted by molar-refractivity contribution is 5.92. The van der Waals surface area contributed by atoms with E-state index in [1.54, 1.807) is 25.1 Å². The highest BCUT2D eigenvalue weighted by Gasteiger charge is 2.31. The molecule has 0 spiro atoms. The molecule has 3 heterocycles. The van der Waals surface area contributed by atoms with E-state index in [1.165, 1.54) is 4.90 Å². The van der Waals surface area contributed by atoms with Crippen molar-refractivity contribution >= 4 is 35.1 Å². The van der Waals surface area contributed by atoms with Gasteiger partial charge >= 0.3 is 0 Å². The number of carbonyl (C=O) groups excluding carboxylic acids is 1. The predicted octanol–water partition coefficient (Wildman–Crippen LogP) is 2.29. The van der Waals surface area contributed by atoms with Crippen molar-refractivity contribution in [3.05, 3.63) is 47.7 Å². The lowest BCUT2D eigenvalue weighted by atomic mass is 9.99. The van der Waals surface area contributed by atoms with Crippen molar-refractivity contribution in [2.75, 3.05) is 50.1 Å². The molecular formula is C25H31N9O. The van der Waals surface area contributed by atoms with Crippen LogP contribution in [0.2, 0.25) is 0 Å². The fourth-order valence-electron chi connectivity index (χ4n) is 4.41. The van der Waals surface area contributed by atoms with Gasteiger partial charge in [-0.05, 0) is 30.2 Å². The summed E-state index contributed by atoms with van der Waals surface area (Å²) in [6, 6.07) is 9.42. The molecule has 1 saturated heterocycles. The maximum absolute atomic E-state index is 12.1. The second-order valence-corrected chi connectivity index (χ2v) is 9.22. The zero-order valence-electron chi connectivity index (χ0n) is 20.6. The van der Waals surface area contributed by atoms with Crippen LogP contribution in [0.15, 0.2) is 41.4 Å². The van der Waals surface area contributed by atoms with Gasteiger partial charge < -0.3 is 20.4 Å². The van der Waals surface area contributed by atoms with Gasteiger partial charge in [-0.1, -0.05) is 32.1 Å². The number of nitrogens with zero attached hydrogens (tertiary/aromatic N) is 8. The second kappa shape index (κ2) is 10.0. The van der Waals surface area contributed by atoms with Gasteiger partial charge in [0.25, 0.3) is 5.91 Å². The number of hydrogen-bond donors (Lipinski definition) is 1. The fourth-order valence-corrected chi connectivity index (χ4v) is 4.41. The molecule has 10 nitrogen and oxygen atoms in total. The van der Waals surface area contributed by atoms with Crippen LogP contribution in [0.25, 0.3) is 6.08 Å². The van der Waals surface area contributed by atoms with Crippen LogP contribution < -0.4 is 15.5 Å². The summed E-state index contributed by atoms with van der Waals surface area (Å²) in [5, 5.41) is 17.9. The van der Waals surface area contributed by atoms with Gasteiger partial charge in [0, 0.05) is 39.3 Å². The number of hydrogen-bond acceptors (Lipinski definition) is 7. The van der Waals surface area contributed by atoms with E-state index in [-0.39, 0.29) is 11.9 Å². The standard InChI is InChI=1S/C25H31N9O/c1-17(2)22-15-32(23-11-10-20(29-30-23)24(35)31(3)4)13-14-34(22)25(27)28-19-8-5-9-21-18(19)7-6-12-33(21)16-26/h5-11,17,22H,12-15H2,1-4H3,(H2,27,28). The van der Waals surface area contributed by atoms with Gasteiger partial charge in [0.15, 0.2) is 23.7 Å². The largest absolute Gasteiger partial charge is 0.369 e. The van der Waals surface area contributed by atoms with E-state index in [0.717, 1.165) is 22.8 Å². The number of fused-ring (bicyclic) bond motifs is 1. The van der Waals surface area contributed by atoms with E-state index in [1.807, 2.05) is 36.4 Å². The van der Waals surface area contributed by atoms with Crippen LogP contribution in [0, 0.1) is 17.4 Å². The van der Waals surface area contributed by atoms with E-state index in [9.17, 15) is 10.1 Å². The molecule has 2 N–H and O–H groups in total. The Morgan fingerprint density at radius 3 is 2.69 bits per heavy atom. The zero-order valence-corrected chi connectivity index (χ0v) is 20.6. The number of amides is 1. The summed E-state index contributed by atoms with van der Waals surface area (Å²) in [6.07, 6.45) is 6.17. The number of benzene rings is 1. The molecule has 10 heteroatoms. The summed E-state index contributed by atoms with van der Waals surface area (Å²) >= 11 is 0. The fraction of sp³-hybridized carbons (Fsp3) is 0.400. The Balaban J connectivity index is 1.55. The number of piperazine rings is 1. The molecular weight excluding hydrogens is 442 g/mol. The average molecular weight is 474 g/mol. The molecule has 1 atom stereocenters. The van der Waals surface area contributed by atoms with Gasteiger partial charge in [-0.25, -0.2) is 4.99 Å². The zero-order chi connectivity index (χ0) is 25.1. The van der Waals surface area contributed by atoms with Crippen LogP contribution in [0.3, 0.4) is 0 Å². The van der Waals surface area contributed by atoms with Crippen LogP contribution in [-0.2, 0) is 0 Å². The summed E-state index contributed by atoms with van der Waals surface area (Å²) in [5.41, 5.74) is 9.36. The molecule has 0 aliphatic carbocycles. The number of nitriles is 1.